The summed E-state index contributed by atoms with van der Waals surface area (Å²) in [4.78, 5) is 17.9. The van der Waals surface area contributed by atoms with Crippen LogP contribution in [0.25, 0.3) is 10.2 Å². The summed E-state index contributed by atoms with van der Waals surface area (Å²) in [6.45, 7) is 3.64. The molecule has 0 atom stereocenters. The van der Waals surface area contributed by atoms with Gasteiger partial charge in [0.2, 0.25) is 0 Å². The van der Waals surface area contributed by atoms with Crippen LogP contribution in [0.2, 0.25) is 0 Å². The first-order valence-corrected chi connectivity index (χ1v) is 13.1. The monoisotopic (exact) mass is 495 g/mol. The molecule has 7 nitrogen and oxygen atoms in total. The van der Waals surface area contributed by atoms with E-state index in [1.54, 1.807) is 24.3 Å². The van der Waals surface area contributed by atoms with Gasteiger partial charge in [-0.05, 0) is 55.5 Å². The third-order valence-electron chi connectivity index (χ3n) is 5.33. The van der Waals surface area contributed by atoms with E-state index in [-0.39, 0.29) is 4.90 Å². The molecule has 0 radical (unpaired) electrons. The molecule has 9 heteroatoms. The van der Waals surface area contributed by atoms with Crippen molar-refractivity contribution >= 4 is 43.2 Å². The Morgan fingerprint density at radius 3 is 2.38 bits per heavy atom. The minimum absolute atomic E-state index is 0.101. The summed E-state index contributed by atoms with van der Waals surface area (Å²) in [6.07, 6.45) is 0. The van der Waals surface area contributed by atoms with E-state index in [9.17, 15) is 13.2 Å². The number of sulfonamides is 1. The Hall–Kier alpha value is -3.27. The number of rotatable bonds is 8. The molecule has 0 aliphatic rings. The van der Waals surface area contributed by atoms with Crippen LogP contribution in [0.3, 0.4) is 0 Å². The molecule has 34 heavy (non-hydrogen) atoms. The normalized spacial score (nSPS) is 12.2. The Bertz CT molecular complexity index is 1460. The number of carbonyl (C=O) groups excluding carboxylic acids is 1. The van der Waals surface area contributed by atoms with E-state index >= 15 is 0 Å². The van der Waals surface area contributed by atoms with E-state index in [0.29, 0.717) is 35.8 Å². The molecule has 4 rings (SSSR count). The van der Waals surface area contributed by atoms with Crippen molar-refractivity contribution in [3.8, 4) is 0 Å². The number of benzene rings is 3. The SMILES string of the molecule is CCOCCn1c(=NC(=O)c2ccc(S(=O)(=O)N(C)c3ccccc3)cc2)sc2ccccc21. The summed E-state index contributed by atoms with van der Waals surface area (Å²) in [5, 5.41) is 0. The molecule has 176 valence electrons. The Morgan fingerprint density at radius 1 is 1.00 bits per heavy atom. The van der Waals surface area contributed by atoms with Gasteiger partial charge >= 0.3 is 0 Å². The van der Waals surface area contributed by atoms with E-state index in [0.717, 1.165) is 10.2 Å². The lowest BCUT2D eigenvalue weighted by Gasteiger charge is -2.19. The lowest BCUT2D eigenvalue weighted by Crippen LogP contribution is -2.26. The van der Waals surface area contributed by atoms with Crippen molar-refractivity contribution in [2.24, 2.45) is 4.99 Å². The van der Waals surface area contributed by atoms with Crippen molar-refractivity contribution in [2.45, 2.75) is 18.4 Å². The summed E-state index contributed by atoms with van der Waals surface area (Å²) in [5.74, 6) is -0.433. The van der Waals surface area contributed by atoms with Gasteiger partial charge in [-0.2, -0.15) is 4.99 Å². The van der Waals surface area contributed by atoms with E-state index in [4.69, 9.17) is 4.74 Å². The van der Waals surface area contributed by atoms with Crippen LogP contribution in [-0.4, -0.2) is 39.2 Å². The number of amides is 1. The Balaban J connectivity index is 1.62. The highest BCUT2D eigenvalue weighted by Crippen LogP contribution is 2.22. The molecule has 4 aromatic rings. The van der Waals surface area contributed by atoms with Crippen LogP contribution in [0.4, 0.5) is 5.69 Å². The molecule has 0 unspecified atom stereocenters. The number of hydrogen-bond donors (Lipinski definition) is 0. The zero-order valence-electron chi connectivity index (χ0n) is 18.9. The molecule has 3 aromatic carbocycles. The van der Waals surface area contributed by atoms with Crippen molar-refractivity contribution in [3.05, 3.63) is 89.2 Å². The summed E-state index contributed by atoms with van der Waals surface area (Å²) in [5.41, 5.74) is 1.86. The maximum absolute atomic E-state index is 13.0. The number of nitrogens with zero attached hydrogens (tertiary/aromatic N) is 3. The maximum atomic E-state index is 13.0. The largest absolute Gasteiger partial charge is 0.380 e. The molecule has 0 saturated heterocycles. The fraction of sp³-hybridized carbons (Fsp3) is 0.200. The lowest BCUT2D eigenvalue weighted by molar-refractivity contribution is 0.0996. The second kappa shape index (κ2) is 10.3. The van der Waals surface area contributed by atoms with Crippen LogP contribution in [0.1, 0.15) is 17.3 Å². The van der Waals surface area contributed by atoms with Gasteiger partial charge in [-0.15, -0.1) is 0 Å². The van der Waals surface area contributed by atoms with Crippen LogP contribution in [-0.2, 0) is 21.3 Å². The molecule has 1 amide bonds. The molecule has 0 saturated carbocycles. The molecule has 0 aliphatic heterocycles. The molecule has 0 N–H and O–H groups in total. The number of para-hydroxylation sites is 2. The second-order valence-corrected chi connectivity index (χ2v) is 10.4. The average Bonchev–Trinajstić information content (AvgIpc) is 3.21. The Kier molecular flexibility index (Phi) is 7.26. The number of carbonyl (C=O) groups is 1. The van der Waals surface area contributed by atoms with Crippen LogP contribution in [0.15, 0.2) is 88.8 Å². The Labute approximate surface area is 202 Å². The first kappa shape index (κ1) is 23.9. The van der Waals surface area contributed by atoms with Gasteiger partial charge in [0, 0.05) is 25.8 Å². The smallest absolute Gasteiger partial charge is 0.279 e. The summed E-state index contributed by atoms with van der Waals surface area (Å²) < 4.78 is 35.7. The molecule has 0 fully saturated rings. The molecule has 1 heterocycles. The number of ether oxygens (including phenoxy) is 1. The van der Waals surface area contributed by atoms with Gasteiger partial charge in [0.1, 0.15) is 0 Å². The highest BCUT2D eigenvalue weighted by atomic mass is 32.2. The van der Waals surface area contributed by atoms with Gasteiger partial charge in [0.15, 0.2) is 4.80 Å². The van der Waals surface area contributed by atoms with Gasteiger partial charge in [-0.1, -0.05) is 41.7 Å². The van der Waals surface area contributed by atoms with E-state index in [1.165, 1.54) is 47.0 Å². The van der Waals surface area contributed by atoms with Crippen molar-refractivity contribution in [1.82, 2.24) is 4.57 Å². The Morgan fingerprint density at radius 2 is 1.68 bits per heavy atom. The number of thiazole rings is 1. The molecule has 0 bridgehead atoms. The quantitative estimate of drug-likeness (QED) is 0.341. The average molecular weight is 496 g/mol. The third kappa shape index (κ3) is 4.96. The van der Waals surface area contributed by atoms with Gasteiger partial charge < -0.3 is 9.30 Å². The maximum Gasteiger partial charge on any atom is 0.279 e. The van der Waals surface area contributed by atoms with Crippen LogP contribution in [0, 0.1) is 0 Å². The highest BCUT2D eigenvalue weighted by Gasteiger charge is 2.21. The fourth-order valence-electron chi connectivity index (χ4n) is 3.48. The predicted molar refractivity (Wildman–Crippen MR) is 135 cm³/mol. The zero-order chi connectivity index (χ0) is 24.1. The first-order chi connectivity index (χ1) is 16.4. The standard InChI is InChI=1S/C25H25N3O4S2/c1-3-32-18-17-28-22-11-7-8-12-23(22)33-25(28)26-24(29)19-13-15-21(16-14-19)34(30,31)27(2)20-9-5-4-6-10-20/h4-16H,3,17-18H2,1-2H3. The summed E-state index contributed by atoms with van der Waals surface area (Å²) in [7, 11) is -2.25. The number of anilines is 1. The van der Waals surface area contributed by atoms with Gasteiger partial charge in [-0.25, -0.2) is 8.42 Å². The van der Waals surface area contributed by atoms with Crippen molar-refractivity contribution in [2.75, 3.05) is 24.6 Å². The number of fused-ring (bicyclic) bond motifs is 1. The number of aromatic nitrogens is 1. The van der Waals surface area contributed by atoms with Crippen molar-refractivity contribution in [1.29, 1.82) is 0 Å². The third-order valence-corrected chi connectivity index (χ3v) is 8.19. The van der Waals surface area contributed by atoms with E-state index in [2.05, 4.69) is 4.99 Å². The molecular formula is C25H25N3O4S2. The minimum Gasteiger partial charge on any atom is -0.380 e. The lowest BCUT2D eigenvalue weighted by atomic mass is 10.2. The van der Waals surface area contributed by atoms with Crippen LogP contribution < -0.4 is 9.11 Å². The van der Waals surface area contributed by atoms with E-state index in [1.807, 2.05) is 41.8 Å². The molecule has 0 aliphatic carbocycles. The van der Waals surface area contributed by atoms with Gasteiger partial charge in [0.05, 0.1) is 27.4 Å². The van der Waals surface area contributed by atoms with Crippen LogP contribution >= 0.6 is 11.3 Å². The number of hydrogen-bond acceptors (Lipinski definition) is 5. The van der Waals surface area contributed by atoms with Gasteiger partial charge in [0.25, 0.3) is 15.9 Å². The first-order valence-electron chi connectivity index (χ1n) is 10.8. The van der Waals surface area contributed by atoms with Gasteiger partial charge in [-0.3, -0.25) is 9.10 Å². The van der Waals surface area contributed by atoms with Crippen molar-refractivity contribution in [3.63, 3.8) is 0 Å². The second-order valence-electron chi connectivity index (χ2n) is 7.45. The topological polar surface area (TPSA) is 81.0 Å². The zero-order valence-corrected chi connectivity index (χ0v) is 20.6. The summed E-state index contributed by atoms with van der Waals surface area (Å²) >= 11 is 1.43. The van der Waals surface area contributed by atoms with Crippen molar-refractivity contribution < 1.29 is 17.9 Å². The molecule has 1 aromatic heterocycles. The minimum atomic E-state index is -3.75. The summed E-state index contributed by atoms with van der Waals surface area (Å²) in [6, 6.07) is 22.6. The molecular weight excluding hydrogens is 470 g/mol. The molecule has 0 spiro atoms. The highest BCUT2D eigenvalue weighted by molar-refractivity contribution is 7.92. The predicted octanol–water partition coefficient (Wildman–Crippen LogP) is 4.31. The van der Waals surface area contributed by atoms with Crippen LogP contribution in [0.5, 0.6) is 0 Å². The van der Waals surface area contributed by atoms with E-state index < -0.39 is 15.9 Å². The fourth-order valence-corrected chi connectivity index (χ4v) is 5.73.